The lowest BCUT2D eigenvalue weighted by Crippen LogP contribution is -2.18. The molecule has 5 nitrogen and oxygen atoms in total. The van der Waals surface area contributed by atoms with Crippen LogP contribution in [0.3, 0.4) is 0 Å². The standard InChI is InChI=1S/C13H12N2O3/c1-2-8-3-5-9(6-4-8)11-7-10(13(17)18)12(16)15-14-11/h3-7H,2H2,1H3,(H,15,16)(H,17,18). The predicted octanol–water partition coefficient (Wildman–Crippen LogP) is 1.70. The number of H-pyrrole nitrogens is 1. The van der Waals surface area contributed by atoms with E-state index in [2.05, 4.69) is 17.1 Å². The van der Waals surface area contributed by atoms with Crippen molar-refractivity contribution in [3.05, 3.63) is 51.8 Å². The third-order valence-corrected chi connectivity index (χ3v) is 2.69. The van der Waals surface area contributed by atoms with Crippen LogP contribution in [0, 0.1) is 0 Å². The molecule has 0 bridgehead atoms. The lowest BCUT2D eigenvalue weighted by molar-refractivity contribution is 0.0694. The van der Waals surface area contributed by atoms with E-state index in [1.165, 1.54) is 11.6 Å². The molecule has 2 N–H and O–H groups in total. The molecular weight excluding hydrogens is 232 g/mol. The Kier molecular flexibility index (Phi) is 3.23. The molecule has 5 heteroatoms. The molecule has 1 aromatic carbocycles. The van der Waals surface area contributed by atoms with E-state index in [1.54, 1.807) is 0 Å². The van der Waals surface area contributed by atoms with Gasteiger partial charge in [-0.25, -0.2) is 9.89 Å². The number of hydrogen-bond donors (Lipinski definition) is 2. The molecule has 0 amide bonds. The summed E-state index contributed by atoms with van der Waals surface area (Å²) < 4.78 is 0. The third kappa shape index (κ3) is 2.29. The zero-order valence-corrected chi connectivity index (χ0v) is 9.80. The van der Waals surface area contributed by atoms with E-state index in [1.807, 2.05) is 24.3 Å². The van der Waals surface area contributed by atoms with Gasteiger partial charge in [0.25, 0.3) is 5.56 Å². The van der Waals surface area contributed by atoms with Crippen LogP contribution in [0.25, 0.3) is 11.3 Å². The van der Waals surface area contributed by atoms with Crippen LogP contribution < -0.4 is 5.56 Å². The second-order valence-corrected chi connectivity index (χ2v) is 3.85. The third-order valence-electron chi connectivity index (χ3n) is 2.69. The van der Waals surface area contributed by atoms with Crippen LogP contribution in [-0.2, 0) is 6.42 Å². The van der Waals surface area contributed by atoms with Gasteiger partial charge in [-0.15, -0.1) is 0 Å². The van der Waals surface area contributed by atoms with Crippen molar-refractivity contribution in [2.45, 2.75) is 13.3 Å². The number of aromatic amines is 1. The fourth-order valence-electron chi connectivity index (χ4n) is 1.62. The van der Waals surface area contributed by atoms with Crippen LogP contribution in [0.4, 0.5) is 0 Å². The molecule has 0 aliphatic carbocycles. The molecule has 92 valence electrons. The zero-order chi connectivity index (χ0) is 13.1. The van der Waals surface area contributed by atoms with Gasteiger partial charge in [0.1, 0.15) is 5.56 Å². The van der Waals surface area contributed by atoms with Crippen LogP contribution in [0.1, 0.15) is 22.8 Å². The summed E-state index contributed by atoms with van der Waals surface area (Å²) >= 11 is 0. The van der Waals surface area contributed by atoms with Crippen LogP contribution in [0.15, 0.2) is 35.1 Å². The van der Waals surface area contributed by atoms with Crippen molar-refractivity contribution in [2.24, 2.45) is 0 Å². The van der Waals surface area contributed by atoms with E-state index < -0.39 is 11.5 Å². The largest absolute Gasteiger partial charge is 0.477 e. The number of rotatable bonds is 3. The van der Waals surface area contributed by atoms with Gasteiger partial charge in [0, 0.05) is 5.56 Å². The van der Waals surface area contributed by atoms with Gasteiger partial charge in [0.15, 0.2) is 0 Å². The molecule has 0 unspecified atom stereocenters. The highest BCUT2D eigenvalue weighted by Crippen LogP contribution is 2.17. The van der Waals surface area contributed by atoms with Gasteiger partial charge in [0.05, 0.1) is 5.69 Å². The molecule has 0 saturated carbocycles. The van der Waals surface area contributed by atoms with Gasteiger partial charge in [-0.2, -0.15) is 5.10 Å². The van der Waals surface area contributed by atoms with Gasteiger partial charge in [-0.1, -0.05) is 31.2 Å². The van der Waals surface area contributed by atoms with Gasteiger partial charge < -0.3 is 5.11 Å². The molecule has 0 atom stereocenters. The predicted molar refractivity (Wildman–Crippen MR) is 66.6 cm³/mol. The van der Waals surface area contributed by atoms with Gasteiger partial charge in [0.2, 0.25) is 0 Å². The minimum absolute atomic E-state index is 0.306. The molecule has 2 rings (SSSR count). The molecule has 2 aromatic rings. The van der Waals surface area contributed by atoms with E-state index in [0.29, 0.717) is 5.69 Å². The second kappa shape index (κ2) is 4.83. The molecule has 0 fully saturated rings. The summed E-state index contributed by atoms with van der Waals surface area (Å²) in [6, 6.07) is 8.88. The average Bonchev–Trinajstić information content (AvgIpc) is 2.39. The van der Waals surface area contributed by atoms with E-state index in [9.17, 15) is 9.59 Å². The number of hydrogen-bond acceptors (Lipinski definition) is 3. The topological polar surface area (TPSA) is 83.0 Å². The Bertz CT molecular complexity index is 629. The maximum absolute atomic E-state index is 11.2. The number of nitrogens with zero attached hydrogens (tertiary/aromatic N) is 1. The van der Waals surface area contributed by atoms with Crippen LogP contribution in [0.5, 0.6) is 0 Å². The second-order valence-electron chi connectivity index (χ2n) is 3.85. The Morgan fingerprint density at radius 1 is 1.33 bits per heavy atom. The number of nitrogens with one attached hydrogen (secondary N) is 1. The summed E-state index contributed by atoms with van der Waals surface area (Å²) in [5, 5.41) is 14.9. The summed E-state index contributed by atoms with van der Waals surface area (Å²) in [5.74, 6) is -1.26. The van der Waals surface area contributed by atoms with Crippen molar-refractivity contribution in [2.75, 3.05) is 0 Å². The van der Waals surface area contributed by atoms with Crippen molar-refractivity contribution >= 4 is 5.97 Å². The first-order valence-corrected chi connectivity index (χ1v) is 5.54. The Morgan fingerprint density at radius 2 is 2.00 bits per heavy atom. The van der Waals surface area contributed by atoms with Gasteiger partial charge >= 0.3 is 5.97 Å². The Hall–Kier alpha value is -2.43. The maximum atomic E-state index is 11.2. The molecule has 0 saturated heterocycles. The number of aryl methyl sites for hydroxylation is 1. The molecule has 18 heavy (non-hydrogen) atoms. The fraction of sp³-hybridized carbons (Fsp3) is 0.154. The van der Waals surface area contributed by atoms with E-state index in [-0.39, 0.29) is 5.56 Å². The molecule has 1 heterocycles. The summed E-state index contributed by atoms with van der Waals surface area (Å²) in [6.45, 7) is 2.05. The van der Waals surface area contributed by atoms with Crippen molar-refractivity contribution < 1.29 is 9.90 Å². The summed E-state index contributed by atoms with van der Waals surface area (Å²) in [4.78, 5) is 22.1. The summed E-state index contributed by atoms with van der Waals surface area (Å²) in [6.07, 6.45) is 0.930. The van der Waals surface area contributed by atoms with Crippen LogP contribution in [-0.4, -0.2) is 21.3 Å². The zero-order valence-electron chi connectivity index (χ0n) is 9.80. The Morgan fingerprint density at radius 3 is 2.56 bits per heavy atom. The fourth-order valence-corrected chi connectivity index (χ4v) is 1.62. The minimum atomic E-state index is -1.26. The molecule has 1 aromatic heterocycles. The summed E-state index contributed by atoms with van der Waals surface area (Å²) in [5.41, 5.74) is 1.39. The molecule has 0 radical (unpaired) electrons. The lowest BCUT2D eigenvalue weighted by Gasteiger charge is -2.02. The van der Waals surface area contributed by atoms with Gasteiger partial charge in [-0.05, 0) is 18.1 Å². The molecule has 0 aliphatic heterocycles. The van der Waals surface area contributed by atoms with Crippen molar-refractivity contribution in [3.8, 4) is 11.3 Å². The van der Waals surface area contributed by atoms with E-state index in [4.69, 9.17) is 5.11 Å². The SMILES string of the molecule is CCc1ccc(-c2cc(C(=O)O)c(=O)[nH]n2)cc1. The van der Waals surface area contributed by atoms with Crippen LogP contribution in [0.2, 0.25) is 0 Å². The first kappa shape index (κ1) is 12.0. The quantitative estimate of drug-likeness (QED) is 0.860. The highest BCUT2D eigenvalue weighted by molar-refractivity contribution is 5.88. The first-order chi connectivity index (χ1) is 8.61. The highest BCUT2D eigenvalue weighted by atomic mass is 16.4. The smallest absolute Gasteiger partial charge is 0.341 e. The molecule has 0 spiro atoms. The van der Waals surface area contributed by atoms with Crippen LogP contribution >= 0.6 is 0 Å². The monoisotopic (exact) mass is 244 g/mol. The lowest BCUT2D eigenvalue weighted by atomic mass is 10.1. The van der Waals surface area contributed by atoms with Crippen molar-refractivity contribution in [3.63, 3.8) is 0 Å². The van der Waals surface area contributed by atoms with E-state index in [0.717, 1.165) is 12.0 Å². The highest BCUT2D eigenvalue weighted by Gasteiger charge is 2.11. The average molecular weight is 244 g/mol. The minimum Gasteiger partial charge on any atom is -0.477 e. The Labute approximate surface area is 103 Å². The van der Waals surface area contributed by atoms with Crippen molar-refractivity contribution in [1.29, 1.82) is 0 Å². The maximum Gasteiger partial charge on any atom is 0.341 e. The van der Waals surface area contributed by atoms with Crippen molar-refractivity contribution in [1.82, 2.24) is 10.2 Å². The number of benzene rings is 1. The Balaban J connectivity index is 2.47. The number of aromatic nitrogens is 2. The normalized spacial score (nSPS) is 10.3. The number of carboxylic acid groups (broad SMARTS) is 1. The van der Waals surface area contributed by atoms with E-state index >= 15 is 0 Å². The number of carboxylic acids is 1. The number of aromatic carboxylic acids is 1. The molecule has 0 aliphatic rings. The molecular formula is C13H12N2O3. The summed E-state index contributed by atoms with van der Waals surface area (Å²) in [7, 11) is 0. The number of carbonyl (C=O) groups is 1. The van der Waals surface area contributed by atoms with Gasteiger partial charge in [-0.3, -0.25) is 4.79 Å². The first-order valence-electron chi connectivity index (χ1n) is 5.54.